The maximum absolute atomic E-state index is 13.6. The van der Waals surface area contributed by atoms with Crippen LogP contribution in [0.3, 0.4) is 0 Å². The molecule has 0 aliphatic carbocycles. The Labute approximate surface area is 169 Å². The van der Waals surface area contributed by atoms with Crippen molar-refractivity contribution in [2.24, 2.45) is 0 Å². The molecule has 146 valence electrons. The van der Waals surface area contributed by atoms with E-state index in [1.54, 1.807) is 17.0 Å². The van der Waals surface area contributed by atoms with Crippen LogP contribution in [0.1, 0.15) is 18.1 Å². The van der Waals surface area contributed by atoms with Crippen LogP contribution in [0.2, 0.25) is 0 Å². The molecule has 0 fully saturated rings. The van der Waals surface area contributed by atoms with Gasteiger partial charge in [-0.1, -0.05) is 72.8 Å². The molecule has 0 bridgehead atoms. The van der Waals surface area contributed by atoms with Crippen LogP contribution in [-0.4, -0.2) is 22.3 Å². The van der Waals surface area contributed by atoms with Crippen molar-refractivity contribution in [2.75, 3.05) is 5.32 Å². The van der Waals surface area contributed by atoms with Gasteiger partial charge in [0.2, 0.25) is 0 Å². The third-order valence-corrected chi connectivity index (χ3v) is 5.01. The average Bonchev–Trinajstić information content (AvgIpc) is 2.75. The van der Waals surface area contributed by atoms with Crippen LogP contribution in [0, 0.1) is 0 Å². The molecule has 29 heavy (non-hydrogen) atoms. The first kappa shape index (κ1) is 18.7. The number of rotatable bonds is 5. The number of fused-ring (bicyclic) bond motifs is 1. The third kappa shape index (κ3) is 3.85. The fraction of sp³-hybridized carbons (Fsp3) is 0.167. The maximum atomic E-state index is 13.6. The molecule has 1 aliphatic rings. The Bertz CT molecular complexity index is 979. The second-order valence-corrected chi connectivity index (χ2v) is 7.22. The monoisotopic (exact) mass is 386 g/mol. The number of carbonyl (C=O) groups excluding carboxylic acids is 2. The molecule has 0 spiro atoms. The number of nitrogens with one attached hydrogen (secondary N) is 1. The summed E-state index contributed by atoms with van der Waals surface area (Å²) in [7, 11) is 0. The van der Waals surface area contributed by atoms with Gasteiger partial charge in [0.05, 0.1) is 5.69 Å². The molecule has 0 saturated heterocycles. The summed E-state index contributed by atoms with van der Waals surface area (Å²) >= 11 is 0. The minimum absolute atomic E-state index is 0.377. The number of nitrogens with zero attached hydrogens (tertiary/aromatic N) is 1. The lowest BCUT2D eigenvalue weighted by Gasteiger charge is -2.37. The number of ether oxygens (including phenoxy) is 1. The summed E-state index contributed by atoms with van der Waals surface area (Å²) in [5.41, 5.74) is 0.896. The molecule has 0 aromatic heterocycles. The van der Waals surface area contributed by atoms with Gasteiger partial charge in [0.1, 0.15) is 5.75 Å². The number of benzene rings is 3. The Balaban J connectivity index is 1.65. The highest BCUT2D eigenvalue weighted by molar-refractivity contribution is 6.15. The molecule has 2 amide bonds. The van der Waals surface area contributed by atoms with E-state index in [2.05, 4.69) is 5.32 Å². The number of anilines is 1. The van der Waals surface area contributed by atoms with Gasteiger partial charge in [-0.05, 0) is 30.2 Å². The SMILES string of the molecule is CC1(C(=O)N(Cc2ccccc2)Cc2ccccc2)Oc2ccccc2NC1=O. The molecule has 1 heterocycles. The van der Waals surface area contributed by atoms with Crippen molar-refractivity contribution in [3.63, 3.8) is 0 Å². The highest BCUT2D eigenvalue weighted by Gasteiger charge is 2.49. The summed E-state index contributed by atoms with van der Waals surface area (Å²) in [6.07, 6.45) is 0. The fourth-order valence-corrected chi connectivity index (χ4v) is 3.42. The van der Waals surface area contributed by atoms with Gasteiger partial charge in [0.15, 0.2) is 0 Å². The van der Waals surface area contributed by atoms with Gasteiger partial charge in [-0.2, -0.15) is 0 Å². The third-order valence-electron chi connectivity index (χ3n) is 5.01. The van der Waals surface area contributed by atoms with E-state index in [0.29, 0.717) is 24.5 Å². The van der Waals surface area contributed by atoms with E-state index in [1.165, 1.54) is 6.92 Å². The van der Waals surface area contributed by atoms with Crippen LogP contribution >= 0.6 is 0 Å². The number of para-hydroxylation sites is 2. The van der Waals surface area contributed by atoms with E-state index >= 15 is 0 Å². The van der Waals surface area contributed by atoms with Crippen LogP contribution < -0.4 is 10.1 Å². The normalized spacial score (nSPS) is 17.6. The summed E-state index contributed by atoms with van der Waals surface area (Å²) in [5.74, 6) is -0.355. The summed E-state index contributed by atoms with van der Waals surface area (Å²) < 4.78 is 5.95. The molecule has 5 heteroatoms. The summed E-state index contributed by atoms with van der Waals surface area (Å²) in [4.78, 5) is 28.1. The van der Waals surface area contributed by atoms with Crippen LogP contribution in [0.4, 0.5) is 5.69 Å². The van der Waals surface area contributed by atoms with Gasteiger partial charge in [0, 0.05) is 13.1 Å². The van der Waals surface area contributed by atoms with Crippen molar-refractivity contribution < 1.29 is 14.3 Å². The Morgan fingerprint density at radius 1 is 0.862 bits per heavy atom. The van der Waals surface area contributed by atoms with Gasteiger partial charge in [-0.25, -0.2) is 0 Å². The van der Waals surface area contributed by atoms with E-state index in [1.807, 2.05) is 72.8 Å². The van der Waals surface area contributed by atoms with Crippen LogP contribution in [0.5, 0.6) is 5.75 Å². The largest absolute Gasteiger partial charge is 0.466 e. The zero-order valence-electron chi connectivity index (χ0n) is 16.2. The zero-order valence-corrected chi connectivity index (χ0v) is 16.2. The number of carbonyl (C=O) groups is 2. The molecule has 1 atom stereocenters. The molecule has 1 unspecified atom stereocenters. The first-order valence-corrected chi connectivity index (χ1v) is 9.53. The fourth-order valence-electron chi connectivity index (χ4n) is 3.42. The van der Waals surface area contributed by atoms with Gasteiger partial charge in [-0.3, -0.25) is 9.59 Å². The first-order valence-electron chi connectivity index (χ1n) is 9.53. The summed E-state index contributed by atoms with van der Waals surface area (Å²) in [6, 6.07) is 26.6. The first-order chi connectivity index (χ1) is 14.1. The standard InChI is InChI=1S/C24H22N2O3/c1-24(22(27)25-20-14-8-9-15-21(20)29-24)23(28)26(16-18-10-4-2-5-11-18)17-19-12-6-3-7-13-19/h2-15H,16-17H2,1H3,(H,25,27). The van der Waals surface area contributed by atoms with Crippen LogP contribution in [0.25, 0.3) is 0 Å². The Morgan fingerprint density at radius 2 is 1.38 bits per heavy atom. The van der Waals surface area contributed by atoms with Crippen LogP contribution in [0.15, 0.2) is 84.9 Å². The van der Waals surface area contributed by atoms with E-state index in [0.717, 1.165) is 11.1 Å². The van der Waals surface area contributed by atoms with E-state index in [9.17, 15) is 9.59 Å². The van der Waals surface area contributed by atoms with Gasteiger partial charge in [-0.15, -0.1) is 0 Å². The topological polar surface area (TPSA) is 58.6 Å². The summed E-state index contributed by atoms with van der Waals surface area (Å²) in [5, 5.41) is 2.80. The molecule has 3 aromatic carbocycles. The molecule has 4 rings (SSSR count). The lowest BCUT2D eigenvalue weighted by Crippen LogP contribution is -2.59. The Hall–Kier alpha value is -3.60. The lowest BCUT2D eigenvalue weighted by atomic mass is 9.99. The number of amides is 2. The van der Waals surface area contributed by atoms with Crippen molar-refractivity contribution in [3.05, 3.63) is 96.1 Å². The molecule has 5 nitrogen and oxygen atoms in total. The molecule has 3 aromatic rings. The Kier molecular flexibility index (Phi) is 5.04. The molecular formula is C24H22N2O3. The Morgan fingerprint density at radius 3 is 1.97 bits per heavy atom. The quantitative estimate of drug-likeness (QED) is 0.674. The average molecular weight is 386 g/mol. The highest BCUT2D eigenvalue weighted by Crippen LogP contribution is 2.34. The number of hydrogen-bond acceptors (Lipinski definition) is 3. The second kappa shape index (κ2) is 7.80. The van der Waals surface area contributed by atoms with Gasteiger partial charge >= 0.3 is 0 Å². The smallest absolute Gasteiger partial charge is 0.278 e. The van der Waals surface area contributed by atoms with Crippen LogP contribution in [-0.2, 0) is 22.7 Å². The van der Waals surface area contributed by atoms with E-state index < -0.39 is 11.5 Å². The van der Waals surface area contributed by atoms with Crippen molar-refractivity contribution in [1.29, 1.82) is 0 Å². The molecule has 0 radical (unpaired) electrons. The van der Waals surface area contributed by atoms with E-state index in [4.69, 9.17) is 4.74 Å². The summed E-state index contributed by atoms with van der Waals surface area (Å²) in [6.45, 7) is 2.29. The molecule has 1 N–H and O–H groups in total. The van der Waals surface area contributed by atoms with Crippen molar-refractivity contribution >= 4 is 17.5 Å². The molecular weight excluding hydrogens is 364 g/mol. The van der Waals surface area contributed by atoms with E-state index in [-0.39, 0.29) is 5.91 Å². The number of hydrogen-bond donors (Lipinski definition) is 1. The van der Waals surface area contributed by atoms with Crippen molar-refractivity contribution in [1.82, 2.24) is 4.90 Å². The minimum atomic E-state index is -1.64. The van der Waals surface area contributed by atoms with Gasteiger partial charge < -0.3 is 15.0 Å². The van der Waals surface area contributed by atoms with Crippen molar-refractivity contribution in [3.8, 4) is 5.75 Å². The molecule has 1 aliphatic heterocycles. The zero-order chi connectivity index (χ0) is 20.3. The maximum Gasteiger partial charge on any atom is 0.278 e. The highest BCUT2D eigenvalue weighted by atomic mass is 16.5. The predicted octanol–water partition coefficient (Wildman–Crippen LogP) is 4.01. The lowest BCUT2D eigenvalue weighted by molar-refractivity contribution is -0.155. The van der Waals surface area contributed by atoms with Gasteiger partial charge in [0.25, 0.3) is 17.4 Å². The van der Waals surface area contributed by atoms with Crippen molar-refractivity contribution in [2.45, 2.75) is 25.6 Å². The molecule has 0 saturated carbocycles. The predicted molar refractivity (Wildman–Crippen MR) is 111 cm³/mol. The minimum Gasteiger partial charge on any atom is -0.466 e. The second-order valence-electron chi connectivity index (χ2n) is 7.22.